The fourth-order valence-electron chi connectivity index (χ4n) is 1.47. The molecular weight excluding hydrogens is 173 g/mol. The lowest BCUT2D eigenvalue weighted by Gasteiger charge is -2.28. The Morgan fingerprint density at radius 2 is 1.75 bits per heavy atom. The first-order valence-electron chi connectivity index (χ1n) is 3.64. The van der Waals surface area contributed by atoms with Gasteiger partial charge in [0, 0.05) is 0 Å². The maximum Gasteiger partial charge on any atom is 0.428 e. The van der Waals surface area contributed by atoms with E-state index in [0.717, 1.165) is 6.47 Å². The topological polar surface area (TPSA) is 26.3 Å². The molecule has 1 aliphatic rings. The van der Waals surface area contributed by atoms with Gasteiger partial charge in [-0.05, 0) is 25.7 Å². The molecule has 5 heteroatoms. The molecule has 1 aliphatic carbocycles. The highest BCUT2D eigenvalue weighted by molar-refractivity contribution is 5.40. The van der Waals surface area contributed by atoms with Crippen LogP contribution in [0.1, 0.15) is 25.7 Å². The highest BCUT2D eigenvalue weighted by Gasteiger charge is 2.58. The number of hydrogen-bond acceptors (Lipinski definition) is 2. The number of halogens is 3. The second kappa shape index (κ2) is 2.95. The summed E-state index contributed by atoms with van der Waals surface area (Å²) in [7, 11) is 0. The summed E-state index contributed by atoms with van der Waals surface area (Å²) in [6.45, 7) is 0.887. The van der Waals surface area contributed by atoms with Gasteiger partial charge in [0.05, 0.1) is 0 Å². The van der Waals surface area contributed by atoms with Gasteiger partial charge in [-0.15, -0.1) is 0 Å². The fraction of sp³-hybridized carbons (Fsp3) is 0.857. The zero-order valence-corrected chi connectivity index (χ0v) is 6.28. The van der Waals surface area contributed by atoms with E-state index >= 15 is 0 Å². The zero-order chi connectivity index (χ0) is 9.24. The molecule has 1 radical (unpaired) electrons. The standard InChI is InChI=1S/C7H8F3O2/c8-7(9,10)6(12-5-11)3-1-2-4-6/h1-4H2. The van der Waals surface area contributed by atoms with Crippen LogP contribution >= 0.6 is 0 Å². The second-order valence-corrected chi connectivity index (χ2v) is 2.88. The normalized spacial score (nSPS) is 22.2. The van der Waals surface area contributed by atoms with Gasteiger partial charge in [-0.3, -0.25) is 0 Å². The molecule has 0 aliphatic heterocycles. The Bertz CT molecular complexity index is 170. The molecule has 0 heterocycles. The van der Waals surface area contributed by atoms with E-state index in [-0.39, 0.29) is 12.8 Å². The van der Waals surface area contributed by atoms with Gasteiger partial charge in [0.1, 0.15) is 0 Å². The lowest BCUT2D eigenvalue weighted by Crippen LogP contribution is -2.44. The molecule has 0 bridgehead atoms. The van der Waals surface area contributed by atoms with Crippen LogP contribution in [0.25, 0.3) is 0 Å². The first-order valence-corrected chi connectivity index (χ1v) is 3.64. The van der Waals surface area contributed by atoms with Crippen molar-refractivity contribution in [3.05, 3.63) is 0 Å². The molecule has 0 spiro atoms. The van der Waals surface area contributed by atoms with Gasteiger partial charge in [0.25, 0.3) is 0 Å². The molecule has 69 valence electrons. The van der Waals surface area contributed by atoms with E-state index in [1.54, 1.807) is 0 Å². The van der Waals surface area contributed by atoms with Gasteiger partial charge in [0.2, 0.25) is 5.60 Å². The fourth-order valence-corrected chi connectivity index (χ4v) is 1.47. The molecule has 1 saturated carbocycles. The third-order valence-electron chi connectivity index (χ3n) is 2.16. The number of carbonyl (C=O) groups excluding carboxylic acids is 1. The predicted octanol–water partition coefficient (Wildman–Crippen LogP) is 1.95. The molecule has 0 N–H and O–H groups in total. The molecule has 0 aromatic carbocycles. The highest BCUT2D eigenvalue weighted by Crippen LogP contribution is 2.45. The molecule has 0 aromatic heterocycles. The van der Waals surface area contributed by atoms with Crippen molar-refractivity contribution in [2.24, 2.45) is 0 Å². The van der Waals surface area contributed by atoms with Crippen LogP contribution in [0.4, 0.5) is 13.2 Å². The molecule has 1 rings (SSSR count). The Morgan fingerprint density at radius 1 is 1.25 bits per heavy atom. The van der Waals surface area contributed by atoms with Crippen LogP contribution in [0, 0.1) is 0 Å². The summed E-state index contributed by atoms with van der Waals surface area (Å²) in [4.78, 5) is 9.77. The lowest BCUT2D eigenvalue weighted by molar-refractivity contribution is -0.250. The zero-order valence-electron chi connectivity index (χ0n) is 6.28. The Balaban J connectivity index is 2.78. The van der Waals surface area contributed by atoms with E-state index in [1.165, 1.54) is 0 Å². The lowest BCUT2D eigenvalue weighted by atomic mass is 10.0. The van der Waals surface area contributed by atoms with E-state index in [2.05, 4.69) is 4.74 Å². The summed E-state index contributed by atoms with van der Waals surface area (Å²) in [6, 6.07) is 0. The Hall–Kier alpha value is -0.740. The highest BCUT2D eigenvalue weighted by atomic mass is 19.4. The molecule has 0 amide bonds. The quantitative estimate of drug-likeness (QED) is 0.650. The van der Waals surface area contributed by atoms with Gasteiger partial charge in [-0.1, -0.05) is 0 Å². The van der Waals surface area contributed by atoms with Gasteiger partial charge in [0.15, 0.2) is 0 Å². The number of alkyl halides is 3. The minimum absolute atomic E-state index is 0.133. The van der Waals surface area contributed by atoms with Gasteiger partial charge in [-0.25, -0.2) is 4.79 Å². The third kappa shape index (κ3) is 1.40. The second-order valence-electron chi connectivity index (χ2n) is 2.88. The predicted molar refractivity (Wildman–Crippen MR) is 34.0 cm³/mol. The molecule has 1 fully saturated rings. The van der Waals surface area contributed by atoms with Crippen LogP contribution in [0.2, 0.25) is 0 Å². The minimum atomic E-state index is -4.46. The van der Waals surface area contributed by atoms with Gasteiger partial charge in [-0.2, -0.15) is 13.2 Å². The average Bonchev–Trinajstić information content (AvgIpc) is 2.36. The van der Waals surface area contributed by atoms with Gasteiger partial charge < -0.3 is 4.74 Å². The molecule has 0 unspecified atom stereocenters. The SMILES string of the molecule is O=[C]OC1(C(F)(F)F)CCCC1. The van der Waals surface area contributed by atoms with Crippen LogP contribution in [0.5, 0.6) is 0 Å². The maximum absolute atomic E-state index is 12.3. The van der Waals surface area contributed by atoms with Crippen LogP contribution in [0.15, 0.2) is 0 Å². The van der Waals surface area contributed by atoms with E-state index in [0.29, 0.717) is 12.8 Å². The van der Waals surface area contributed by atoms with E-state index in [4.69, 9.17) is 0 Å². The van der Waals surface area contributed by atoms with Crippen LogP contribution < -0.4 is 0 Å². The largest absolute Gasteiger partial charge is 0.441 e. The van der Waals surface area contributed by atoms with Crippen molar-refractivity contribution in [2.75, 3.05) is 0 Å². The van der Waals surface area contributed by atoms with Crippen molar-refractivity contribution in [2.45, 2.75) is 37.5 Å². The monoisotopic (exact) mass is 181 g/mol. The summed E-state index contributed by atoms with van der Waals surface area (Å²) in [5, 5.41) is 0. The Kier molecular flexibility index (Phi) is 2.30. The Morgan fingerprint density at radius 3 is 2.08 bits per heavy atom. The number of ether oxygens (including phenoxy) is 1. The molecule has 0 aromatic rings. The smallest absolute Gasteiger partial charge is 0.428 e. The van der Waals surface area contributed by atoms with Crippen molar-refractivity contribution in [3.63, 3.8) is 0 Å². The first-order chi connectivity index (χ1) is 5.52. The van der Waals surface area contributed by atoms with Gasteiger partial charge >= 0.3 is 12.6 Å². The van der Waals surface area contributed by atoms with Crippen molar-refractivity contribution in [1.29, 1.82) is 0 Å². The Labute approximate surface area is 67.7 Å². The average molecular weight is 181 g/mol. The summed E-state index contributed by atoms with van der Waals surface area (Å²) >= 11 is 0. The molecule has 12 heavy (non-hydrogen) atoms. The summed E-state index contributed by atoms with van der Waals surface area (Å²) in [5.74, 6) is 0. The summed E-state index contributed by atoms with van der Waals surface area (Å²) in [5.41, 5.74) is -2.24. The van der Waals surface area contributed by atoms with Crippen LogP contribution in [-0.4, -0.2) is 18.2 Å². The maximum atomic E-state index is 12.3. The van der Waals surface area contributed by atoms with Crippen molar-refractivity contribution < 1.29 is 22.7 Å². The van der Waals surface area contributed by atoms with E-state index in [9.17, 15) is 18.0 Å². The van der Waals surface area contributed by atoms with Crippen molar-refractivity contribution in [3.8, 4) is 0 Å². The minimum Gasteiger partial charge on any atom is -0.441 e. The number of rotatable bonds is 2. The van der Waals surface area contributed by atoms with Crippen LogP contribution in [-0.2, 0) is 9.53 Å². The van der Waals surface area contributed by atoms with Crippen LogP contribution in [0.3, 0.4) is 0 Å². The van der Waals surface area contributed by atoms with Crippen molar-refractivity contribution in [1.82, 2.24) is 0 Å². The molecule has 0 atom stereocenters. The van der Waals surface area contributed by atoms with Crippen molar-refractivity contribution >= 4 is 6.47 Å². The first kappa shape index (κ1) is 9.35. The third-order valence-corrected chi connectivity index (χ3v) is 2.16. The molecule has 2 nitrogen and oxygen atoms in total. The number of hydrogen-bond donors (Lipinski definition) is 0. The molecular formula is C7H8F3O2. The van der Waals surface area contributed by atoms with E-state index < -0.39 is 11.8 Å². The summed E-state index contributed by atoms with van der Waals surface area (Å²) in [6.07, 6.45) is -3.83. The molecule has 0 saturated heterocycles. The van der Waals surface area contributed by atoms with E-state index in [1.807, 2.05) is 0 Å². The summed E-state index contributed by atoms with van der Waals surface area (Å²) < 4.78 is 40.9.